The molecule has 136 valence electrons. The van der Waals surface area contributed by atoms with Gasteiger partial charge in [-0.1, -0.05) is 18.2 Å². The highest BCUT2D eigenvalue weighted by atomic mass is 19.4. The van der Waals surface area contributed by atoms with Gasteiger partial charge in [-0.3, -0.25) is 20.4 Å². The molecule has 0 atom stereocenters. The first-order valence-electron chi connectivity index (χ1n) is 7.98. The quantitative estimate of drug-likeness (QED) is 0.708. The summed E-state index contributed by atoms with van der Waals surface area (Å²) in [5.41, 5.74) is 4.07. The summed E-state index contributed by atoms with van der Waals surface area (Å²) in [5, 5.41) is 2.71. The molecule has 0 radical (unpaired) electrons. The molecule has 0 unspecified atom stereocenters. The summed E-state index contributed by atoms with van der Waals surface area (Å²) >= 11 is 0. The fourth-order valence-corrected chi connectivity index (χ4v) is 2.36. The molecular weight excluding hydrogens is 347 g/mol. The number of anilines is 2. The van der Waals surface area contributed by atoms with Crippen LogP contribution >= 0.6 is 0 Å². The van der Waals surface area contributed by atoms with E-state index in [1.807, 2.05) is 0 Å². The van der Waals surface area contributed by atoms with Crippen molar-refractivity contribution in [3.05, 3.63) is 59.7 Å². The van der Waals surface area contributed by atoms with Gasteiger partial charge in [0.1, 0.15) is 0 Å². The van der Waals surface area contributed by atoms with E-state index in [-0.39, 0.29) is 23.1 Å². The Balaban J connectivity index is 1.66. The van der Waals surface area contributed by atoms with Crippen LogP contribution in [0.3, 0.4) is 0 Å². The molecule has 0 spiro atoms. The summed E-state index contributed by atoms with van der Waals surface area (Å²) in [6.07, 6.45) is -2.83. The Kier molecular flexibility index (Phi) is 4.83. The number of alkyl halides is 3. The van der Waals surface area contributed by atoms with Crippen LogP contribution in [0.2, 0.25) is 0 Å². The molecule has 0 saturated heterocycles. The molecule has 1 saturated carbocycles. The lowest BCUT2D eigenvalue weighted by atomic mass is 10.1. The molecule has 2 amide bonds. The second-order valence-corrected chi connectivity index (χ2v) is 5.97. The normalized spacial score (nSPS) is 13.8. The Morgan fingerprint density at radius 3 is 2.42 bits per heavy atom. The molecule has 3 rings (SSSR count). The zero-order valence-electron chi connectivity index (χ0n) is 13.6. The average molecular weight is 363 g/mol. The maximum absolute atomic E-state index is 12.9. The number of benzene rings is 2. The van der Waals surface area contributed by atoms with Crippen molar-refractivity contribution in [3.63, 3.8) is 0 Å². The van der Waals surface area contributed by atoms with Crippen LogP contribution < -0.4 is 16.2 Å². The van der Waals surface area contributed by atoms with Crippen molar-refractivity contribution in [1.29, 1.82) is 0 Å². The van der Waals surface area contributed by atoms with Gasteiger partial charge in [0.25, 0.3) is 5.91 Å². The topological polar surface area (TPSA) is 70.2 Å². The van der Waals surface area contributed by atoms with Crippen LogP contribution in [0, 0.1) is 5.92 Å². The largest absolute Gasteiger partial charge is 0.418 e. The number of halogens is 3. The monoisotopic (exact) mass is 363 g/mol. The van der Waals surface area contributed by atoms with E-state index in [9.17, 15) is 22.8 Å². The Morgan fingerprint density at radius 1 is 1.00 bits per heavy atom. The van der Waals surface area contributed by atoms with E-state index in [1.165, 1.54) is 30.3 Å². The van der Waals surface area contributed by atoms with Gasteiger partial charge in [0.15, 0.2) is 0 Å². The number of rotatable bonds is 5. The molecule has 2 aromatic carbocycles. The SMILES string of the molecule is O=C(NNc1ccccc1C(F)(F)F)c1cccc(NC(=O)C2CC2)c1. The smallest absolute Gasteiger partial charge is 0.326 e. The Hall–Kier alpha value is -3.03. The van der Waals surface area contributed by atoms with E-state index in [4.69, 9.17) is 0 Å². The number of carbonyl (C=O) groups excluding carboxylic acids is 2. The predicted octanol–water partition coefficient (Wildman–Crippen LogP) is 3.81. The fourth-order valence-electron chi connectivity index (χ4n) is 2.36. The van der Waals surface area contributed by atoms with E-state index >= 15 is 0 Å². The highest BCUT2D eigenvalue weighted by molar-refractivity contribution is 5.98. The zero-order chi connectivity index (χ0) is 18.7. The number of hydrazine groups is 1. The summed E-state index contributed by atoms with van der Waals surface area (Å²) in [7, 11) is 0. The van der Waals surface area contributed by atoms with Gasteiger partial charge < -0.3 is 5.32 Å². The summed E-state index contributed by atoms with van der Waals surface area (Å²) in [4.78, 5) is 24.0. The van der Waals surface area contributed by atoms with Gasteiger partial charge in [0.2, 0.25) is 5.91 Å². The molecule has 1 aliphatic carbocycles. The minimum atomic E-state index is -4.54. The molecule has 0 bridgehead atoms. The average Bonchev–Trinajstić information content (AvgIpc) is 3.44. The maximum atomic E-state index is 12.9. The van der Waals surface area contributed by atoms with E-state index in [2.05, 4.69) is 16.2 Å². The predicted molar refractivity (Wildman–Crippen MR) is 90.3 cm³/mol. The molecule has 0 heterocycles. The third-order valence-corrected chi connectivity index (χ3v) is 3.88. The first-order valence-corrected chi connectivity index (χ1v) is 7.98. The number of para-hydroxylation sites is 1. The fraction of sp³-hybridized carbons (Fsp3) is 0.222. The highest BCUT2D eigenvalue weighted by Crippen LogP contribution is 2.34. The standard InChI is InChI=1S/C18H16F3N3O2/c19-18(20,21)14-6-1-2-7-15(14)23-24-17(26)12-4-3-5-13(10-12)22-16(25)11-8-9-11/h1-7,10-11,23H,8-9H2,(H,22,25)(H,24,26). The van der Waals surface area contributed by atoms with Crippen molar-refractivity contribution in [3.8, 4) is 0 Å². The molecule has 1 aliphatic rings. The number of carbonyl (C=O) groups is 2. The summed E-state index contributed by atoms with van der Waals surface area (Å²) in [6, 6.07) is 11.0. The minimum Gasteiger partial charge on any atom is -0.326 e. The summed E-state index contributed by atoms with van der Waals surface area (Å²) in [6.45, 7) is 0. The van der Waals surface area contributed by atoms with Crippen LogP contribution in [-0.2, 0) is 11.0 Å². The first-order chi connectivity index (χ1) is 12.3. The first kappa shape index (κ1) is 17.8. The third-order valence-electron chi connectivity index (χ3n) is 3.88. The van der Waals surface area contributed by atoms with E-state index in [0.29, 0.717) is 5.69 Å². The molecule has 2 aromatic rings. The van der Waals surface area contributed by atoms with Crippen LogP contribution in [0.15, 0.2) is 48.5 Å². The van der Waals surface area contributed by atoms with Crippen LogP contribution in [-0.4, -0.2) is 11.8 Å². The van der Waals surface area contributed by atoms with Crippen molar-refractivity contribution in [2.75, 3.05) is 10.7 Å². The molecular formula is C18H16F3N3O2. The Labute approximate surface area is 147 Å². The molecule has 1 fully saturated rings. The van der Waals surface area contributed by atoms with E-state index < -0.39 is 17.6 Å². The van der Waals surface area contributed by atoms with Crippen molar-refractivity contribution >= 4 is 23.2 Å². The van der Waals surface area contributed by atoms with Gasteiger partial charge in [-0.2, -0.15) is 13.2 Å². The molecule has 8 heteroatoms. The molecule has 5 nitrogen and oxygen atoms in total. The van der Waals surface area contributed by atoms with Gasteiger partial charge in [-0.15, -0.1) is 0 Å². The third kappa shape index (κ3) is 4.33. The molecule has 26 heavy (non-hydrogen) atoms. The summed E-state index contributed by atoms with van der Waals surface area (Å²) in [5.74, 6) is -0.697. The molecule has 3 N–H and O–H groups in total. The second kappa shape index (κ2) is 7.07. The van der Waals surface area contributed by atoms with Crippen molar-refractivity contribution in [2.45, 2.75) is 19.0 Å². The Morgan fingerprint density at radius 2 is 1.73 bits per heavy atom. The molecule has 0 aromatic heterocycles. The van der Waals surface area contributed by atoms with E-state index in [0.717, 1.165) is 18.9 Å². The Bertz CT molecular complexity index is 832. The van der Waals surface area contributed by atoms with Crippen LogP contribution in [0.4, 0.5) is 24.5 Å². The highest BCUT2D eigenvalue weighted by Gasteiger charge is 2.33. The lowest BCUT2D eigenvalue weighted by Gasteiger charge is -2.15. The van der Waals surface area contributed by atoms with Gasteiger partial charge in [0, 0.05) is 17.2 Å². The van der Waals surface area contributed by atoms with Crippen molar-refractivity contribution in [1.82, 2.24) is 5.43 Å². The van der Waals surface area contributed by atoms with Gasteiger partial charge in [-0.25, -0.2) is 0 Å². The van der Waals surface area contributed by atoms with Crippen LogP contribution in [0.25, 0.3) is 0 Å². The number of amides is 2. The van der Waals surface area contributed by atoms with E-state index in [1.54, 1.807) is 12.1 Å². The van der Waals surface area contributed by atoms with Crippen LogP contribution in [0.1, 0.15) is 28.8 Å². The zero-order valence-corrected chi connectivity index (χ0v) is 13.6. The number of hydrogen-bond donors (Lipinski definition) is 3. The van der Waals surface area contributed by atoms with Crippen molar-refractivity contribution < 1.29 is 22.8 Å². The van der Waals surface area contributed by atoms with Crippen LogP contribution in [0.5, 0.6) is 0 Å². The lowest BCUT2D eigenvalue weighted by Crippen LogP contribution is -2.30. The van der Waals surface area contributed by atoms with Gasteiger partial charge in [0.05, 0.1) is 11.3 Å². The second-order valence-electron chi connectivity index (χ2n) is 5.97. The minimum absolute atomic E-state index is 0.0213. The maximum Gasteiger partial charge on any atom is 0.418 e. The van der Waals surface area contributed by atoms with Crippen molar-refractivity contribution in [2.24, 2.45) is 5.92 Å². The van der Waals surface area contributed by atoms with Gasteiger partial charge in [-0.05, 0) is 43.2 Å². The molecule has 0 aliphatic heterocycles. The van der Waals surface area contributed by atoms with Gasteiger partial charge >= 0.3 is 6.18 Å². The number of hydrogen-bond acceptors (Lipinski definition) is 3. The lowest BCUT2D eigenvalue weighted by molar-refractivity contribution is -0.137. The number of nitrogens with one attached hydrogen (secondary N) is 3. The summed E-state index contributed by atoms with van der Waals surface area (Å²) < 4.78 is 38.8.